The molecule has 0 amide bonds. The Kier molecular flexibility index (Phi) is 3.61. The smallest absolute Gasteiger partial charge is 0.0896 e. The number of benzene rings is 1. The maximum atomic E-state index is 4.18. The molecule has 1 radical (unpaired) electrons. The van der Waals surface area contributed by atoms with Gasteiger partial charge in [-0.1, -0.05) is 50.7 Å². The highest BCUT2D eigenvalue weighted by Crippen LogP contribution is 2.48. The van der Waals surface area contributed by atoms with Gasteiger partial charge in [-0.3, -0.25) is 4.98 Å². The lowest BCUT2D eigenvalue weighted by Crippen LogP contribution is -2.36. The van der Waals surface area contributed by atoms with Gasteiger partial charge in [0.25, 0.3) is 0 Å². The van der Waals surface area contributed by atoms with E-state index in [9.17, 15) is 0 Å². The number of nitrogens with zero attached hydrogens (tertiary/aromatic N) is 2. The minimum Gasteiger partial charge on any atom is -0.325 e. The highest BCUT2D eigenvalue weighted by Gasteiger charge is 2.37. The number of para-hydroxylation sites is 1. The molecule has 1 aliphatic rings. The molecule has 0 fully saturated rings. The average molecular weight is 301 g/mol. The van der Waals surface area contributed by atoms with Gasteiger partial charge < -0.3 is 4.90 Å². The van der Waals surface area contributed by atoms with Crippen molar-refractivity contribution in [3.05, 3.63) is 53.1 Å². The predicted octanol–water partition coefficient (Wildman–Crippen LogP) is 4.87. The van der Waals surface area contributed by atoms with Crippen LogP contribution in [0.2, 0.25) is 0 Å². The van der Waals surface area contributed by atoms with Crippen LogP contribution < -0.4 is 4.90 Å². The van der Waals surface area contributed by atoms with Gasteiger partial charge in [0, 0.05) is 11.9 Å². The molecular weight excluding hydrogens is 284 g/mol. The molecule has 20 heavy (non-hydrogen) atoms. The van der Waals surface area contributed by atoms with Gasteiger partial charge in [0.1, 0.15) is 0 Å². The molecule has 0 saturated carbocycles. The molecule has 1 aliphatic heterocycles. The van der Waals surface area contributed by atoms with Crippen molar-refractivity contribution in [1.82, 2.24) is 4.98 Å². The summed E-state index contributed by atoms with van der Waals surface area (Å²) in [6, 6.07) is 10.5. The Morgan fingerprint density at radius 3 is 2.55 bits per heavy atom. The molecule has 2 heterocycles. The third-order valence-electron chi connectivity index (χ3n) is 3.12. The molecule has 2 aromatic rings. The first-order valence-electron chi connectivity index (χ1n) is 6.59. The summed E-state index contributed by atoms with van der Waals surface area (Å²) < 4.78 is 0. The molecule has 4 heteroatoms. The molecule has 0 spiro atoms. The van der Waals surface area contributed by atoms with Crippen molar-refractivity contribution in [1.29, 1.82) is 0 Å². The summed E-state index contributed by atoms with van der Waals surface area (Å²) in [5, 5.41) is 0.349. The van der Waals surface area contributed by atoms with E-state index in [4.69, 9.17) is 0 Å². The highest BCUT2D eigenvalue weighted by atomic mass is 32.2. The van der Waals surface area contributed by atoms with E-state index in [2.05, 4.69) is 61.1 Å². The predicted molar refractivity (Wildman–Crippen MR) is 88.5 cm³/mol. The molecule has 1 atom stereocenters. The molecule has 0 aliphatic carbocycles. The fourth-order valence-corrected chi connectivity index (χ4v) is 4.13. The van der Waals surface area contributed by atoms with Crippen LogP contribution in [-0.2, 0) is 0 Å². The molecule has 103 valence electrons. The monoisotopic (exact) mass is 301 g/mol. The van der Waals surface area contributed by atoms with Crippen LogP contribution in [0.5, 0.6) is 0 Å². The minimum absolute atomic E-state index is 0.167. The second-order valence-electron chi connectivity index (χ2n) is 5.85. The van der Waals surface area contributed by atoms with Crippen molar-refractivity contribution >= 4 is 33.7 Å². The zero-order valence-corrected chi connectivity index (χ0v) is 13.5. The maximum Gasteiger partial charge on any atom is 0.0896 e. The number of thiazole rings is 1. The molecular formula is C16H17N2S2. The third kappa shape index (κ3) is 2.63. The first kappa shape index (κ1) is 13.7. The van der Waals surface area contributed by atoms with Gasteiger partial charge >= 0.3 is 0 Å². The lowest BCUT2D eigenvalue weighted by molar-refractivity contribution is 0.397. The standard InChI is InChI=1S/C16H17N2S2/c1-16(2,3)15-18(12-7-5-4-6-8-12)10-14(20-15)13-9-17-11-19-13/h4-9,11,15H,1-3H3. The zero-order valence-electron chi connectivity index (χ0n) is 11.8. The Labute approximate surface area is 128 Å². The van der Waals surface area contributed by atoms with E-state index in [1.807, 2.05) is 29.5 Å². The molecule has 1 aromatic heterocycles. The Bertz CT molecular complexity index is 597. The molecule has 2 nitrogen and oxygen atoms in total. The maximum absolute atomic E-state index is 4.18. The van der Waals surface area contributed by atoms with Gasteiger partial charge in [-0.05, 0) is 17.5 Å². The lowest BCUT2D eigenvalue weighted by atomic mass is 9.95. The molecule has 0 saturated heterocycles. The summed E-state index contributed by atoms with van der Waals surface area (Å²) in [5.74, 6) is 0. The zero-order chi connectivity index (χ0) is 14.2. The average Bonchev–Trinajstić information content (AvgIpc) is 3.08. The van der Waals surface area contributed by atoms with Crippen LogP contribution in [0.4, 0.5) is 5.69 Å². The number of hydrogen-bond donors (Lipinski definition) is 0. The van der Waals surface area contributed by atoms with E-state index < -0.39 is 0 Å². The Morgan fingerprint density at radius 1 is 1.20 bits per heavy atom. The summed E-state index contributed by atoms with van der Waals surface area (Å²) in [7, 11) is 0. The Morgan fingerprint density at radius 2 is 1.95 bits per heavy atom. The van der Waals surface area contributed by atoms with E-state index in [0.717, 1.165) is 0 Å². The summed E-state index contributed by atoms with van der Waals surface area (Å²) in [5.41, 5.74) is 3.24. The second-order valence-corrected chi connectivity index (χ2v) is 7.83. The lowest BCUT2D eigenvalue weighted by Gasteiger charge is -2.34. The highest BCUT2D eigenvalue weighted by molar-refractivity contribution is 8.09. The van der Waals surface area contributed by atoms with Crippen molar-refractivity contribution in [2.45, 2.75) is 26.1 Å². The van der Waals surface area contributed by atoms with Crippen molar-refractivity contribution in [3.63, 3.8) is 0 Å². The number of thioether (sulfide) groups is 1. The van der Waals surface area contributed by atoms with Crippen LogP contribution in [0.15, 0.2) is 42.0 Å². The SMILES string of the molecule is CC(C)(C)C1SC(c2cncs2)=[C]N1c1ccccc1. The second kappa shape index (κ2) is 5.26. The topological polar surface area (TPSA) is 16.1 Å². The van der Waals surface area contributed by atoms with Crippen LogP contribution in [0, 0.1) is 11.6 Å². The van der Waals surface area contributed by atoms with Gasteiger partial charge in [-0.15, -0.1) is 11.3 Å². The van der Waals surface area contributed by atoms with Crippen LogP contribution in [0.1, 0.15) is 25.6 Å². The van der Waals surface area contributed by atoms with Crippen molar-refractivity contribution in [2.75, 3.05) is 4.90 Å². The molecule has 1 unspecified atom stereocenters. The number of anilines is 1. The summed E-state index contributed by atoms with van der Waals surface area (Å²) in [6.45, 7) is 6.83. The minimum atomic E-state index is 0.167. The summed E-state index contributed by atoms with van der Waals surface area (Å²) >= 11 is 3.55. The first-order chi connectivity index (χ1) is 9.55. The van der Waals surface area contributed by atoms with Crippen molar-refractivity contribution in [2.24, 2.45) is 5.41 Å². The molecule has 1 aromatic carbocycles. The van der Waals surface area contributed by atoms with E-state index in [1.165, 1.54) is 15.5 Å². The molecule has 0 N–H and O–H groups in total. The van der Waals surface area contributed by atoms with Crippen molar-refractivity contribution in [3.8, 4) is 0 Å². The van der Waals surface area contributed by atoms with E-state index in [0.29, 0.717) is 5.37 Å². The number of hydrogen-bond acceptors (Lipinski definition) is 4. The van der Waals surface area contributed by atoms with Crippen LogP contribution in [0.25, 0.3) is 4.91 Å². The quantitative estimate of drug-likeness (QED) is 0.787. The van der Waals surface area contributed by atoms with Gasteiger partial charge in [0.15, 0.2) is 0 Å². The fraction of sp³-hybridized carbons (Fsp3) is 0.312. The van der Waals surface area contributed by atoms with E-state index in [-0.39, 0.29) is 5.41 Å². The van der Waals surface area contributed by atoms with Gasteiger partial charge in [-0.25, -0.2) is 0 Å². The van der Waals surface area contributed by atoms with E-state index in [1.54, 1.807) is 11.3 Å². The van der Waals surface area contributed by atoms with Gasteiger partial charge in [-0.2, -0.15) is 0 Å². The molecule has 0 bridgehead atoms. The number of rotatable bonds is 2. The Hall–Kier alpha value is -1.26. The largest absolute Gasteiger partial charge is 0.325 e. The Balaban J connectivity index is 1.99. The van der Waals surface area contributed by atoms with Crippen LogP contribution in [0.3, 0.4) is 0 Å². The normalized spacial score (nSPS) is 19.2. The fourth-order valence-electron chi connectivity index (χ4n) is 2.15. The van der Waals surface area contributed by atoms with Crippen molar-refractivity contribution < 1.29 is 0 Å². The van der Waals surface area contributed by atoms with Crippen LogP contribution in [-0.4, -0.2) is 10.4 Å². The van der Waals surface area contributed by atoms with Crippen LogP contribution >= 0.6 is 23.1 Å². The third-order valence-corrected chi connectivity index (χ3v) is 5.73. The van der Waals surface area contributed by atoms with Gasteiger partial charge in [0.2, 0.25) is 0 Å². The number of aromatic nitrogens is 1. The summed E-state index contributed by atoms with van der Waals surface area (Å²) in [6.07, 6.45) is 5.47. The summed E-state index contributed by atoms with van der Waals surface area (Å²) in [4.78, 5) is 8.83. The van der Waals surface area contributed by atoms with E-state index >= 15 is 0 Å². The first-order valence-corrected chi connectivity index (χ1v) is 8.35. The molecule has 3 rings (SSSR count). The van der Waals surface area contributed by atoms with Gasteiger partial charge in [0.05, 0.1) is 26.9 Å².